The summed E-state index contributed by atoms with van der Waals surface area (Å²) in [5.74, 6) is 0. The first-order valence-corrected chi connectivity index (χ1v) is 7.10. The van der Waals surface area contributed by atoms with Crippen LogP contribution in [0, 0.1) is 0 Å². The van der Waals surface area contributed by atoms with E-state index in [1.165, 1.54) is 11.3 Å². The number of nitrogens with one attached hydrogen (secondary N) is 1. The van der Waals surface area contributed by atoms with Crippen LogP contribution < -0.4 is 10.2 Å². The molecule has 0 aliphatic heterocycles. The van der Waals surface area contributed by atoms with Crippen LogP contribution in [0.3, 0.4) is 0 Å². The summed E-state index contributed by atoms with van der Waals surface area (Å²) >= 11 is 3.63. The molecule has 1 atom stereocenters. The van der Waals surface area contributed by atoms with Gasteiger partial charge in [-0.3, -0.25) is 0 Å². The molecule has 0 fully saturated rings. The number of rotatable bonds is 7. The van der Waals surface area contributed by atoms with Crippen LogP contribution in [0.4, 0.5) is 5.69 Å². The molecule has 102 valence electrons. The van der Waals surface area contributed by atoms with Crippen molar-refractivity contribution in [3.05, 3.63) is 28.2 Å². The van der Waals surface area contributed by atoms with Crippen LogP contribution in [0.2, 0.25) is 0 Å². The van der Waals surface area contributed by atoms with E-state index >= 15 is 0 Å². The van der Waals surface area contributed by atoms with E-state index < -0.39 is 0 Å². The van der Waals surface area contributed by atoms with Gasteiger partial charge in [0, 0.05) is 37.4 Å². The molecule has 0 aliphatic rings. The number of hydrogen-bond donors (Lipinski definition) is 1. The molecule has 1 N–H and O–H groups in total. The summed E-state index contributed by atoms with van der Waals surface area (Å²) in [5.41, 5.74) is 2.49. The predicted octanol–water partition coefficient (Wildman–Crippen LogP) is 3.03. The van der Waals surface area contributed by atoms with E-state index in [0.29, 0.717) is 0 Å². The van der Waals surface area contributed by atoms with Crippen molar-refractivity contribution in [2.45, 2.75) is 26.5 Å². The van der Waals surface area contributed by atoms with Gasteiger partial charge in [-0.25, -0.2) is 0 Å². The molecule has 1 rings (SSSR count). The lowest BCUT2D eigenvalue weighted by Gasteiger charge is -2.23. The average Bonchev–Trinajstić information content (AvgIpc) is 2.37. The van der Waals surface area contributed by atoms with E-state index in [9.17, 15) is 0 Å². The Labute approximate surface area is 119 Å². The summed E-state index contributed by atoms with van der Waals surface area (Å²) in [6.07, 6.45) is 0.232. The maximum absolute atomic E-state index is 5.29. The highest BCUT2D eigenvalue weighted by Gasteiger charge is 2.08. The van der Waals surface area contributed by atoms with Gasteiger partial charge in [-0.2, -0.15) is 0 Å². The van der Waals surface area contributed by atoms with Crippen molar-refractivity contribution in [1.29, 1.82) is 0 Å². The fraction of sp³-hybridized carbons (Fsp3) is 0.571. The minimum Gasteiger partial charge on any atom is -0.380 e. The fourth-order valence-electron chi connectivity index (χ4n) is 1.74. The molecule has 18 heavy (non-hydrogen) atoms. The first-order chi connectivity index (χ1) is 8.58. The number of anilines is 1. The van der Waals surface area contributed by atoms with Gasteiger partial charge < -0.3 is 15.0 Å². The van der Waals surface area contributed by atoms with E-state index in [2.05, 4.69) is 65.2 Å². The molecule has 0 aromatic heterocycles. The Morgan fingerprint density at radius 2 is 2.17 bits per heavy atom. The van der Waals surface area contributed by atoms with Gasteiger partial charge in [0.1, 0.15) is 0 Å². The van der Waals surface area contributed by atoms with Gasteiger partial charge in [-0.1, -0.05) is 28.9 Å². The van der Waals surface area contributed by atoms with Crippen LogP contribution in [0.1, 0.15) is 19.4 Å². The van der Waals surface area contributed by atoms with Crippen LogP contribution >= 0.6 is 15.9 Å². The second-order valence-electron chi connectivity index (χ2n) is 4.48. The maximum Gasteiger partial charge on any atom is 0.0717 e. The molecule has 1 aromatic carbocycles. The summed E-state index contributed by atoms with van der Waals surface area (Å²) in [7, 11) is 3.83. The molecular weight excluding hydrogens is 292 g/mol. The molecule has 1 aromatic rings. The molecule has 0 aliphatic carbocycles. The van der Waals surface area contributed by atoms with E-state index in [4.69, 9.17) is 4.74 Å². The van der Waals surface area contributed by atoms with Crippen LogP contribution in [0.5, 0.6) is 0 Å². The number of methoxy groups -OCH3 is 1. The van der Waals surface area contributed by atoms with Crippen LogP contribution in [-0.2, 0) is 11.3 Å². The second-order valence-corrected chi connectivity index (χ2v) is 5.34. The van der Waals surface area contributed by atoms with Gasteiger partial charge >= 0.3 is 0 Å². The molecule has 3 nitrogen and oxygen atoms in total. The Morgan fingerprint density at radius 1 is 1.44 bits per heavy atom. The number of benzene rings is 1. The quantitative estimate of drug-likeness (QED) is 0.837. The van der Waals surface area contributed by atoms with Crippen LogP contribution in [0.25, 0.3) is 0 Å². The highest BCUT2D eigenvalue weighted by Crippen LogP contribution is 2.23. The van der Waals surface area contributed by atoms with Crippen LogP contribution in [-0.4, -0.2) is 33.4 Å². The summed E-state index contributed by atoms with van der Waals surface area (Å²) in [5, 5.41) is 3.33. The van der Waals surface area contributed by atoms with E-state index in [1.807, 2.05) is 0 Å². The minimum atomic E-state index is 0.232. The number of ether oxygens (including phenoxy) is 1. The molecule has 4 heteroatoms. The molecule has 0 spiro atoms. The third-order valence-electron chi connectivity index (χ3n) is 2.98. The monoisotopic (exact) mass is 314 g/mol. The van der Waals surface area contributed by atoms with Gasteiger partial charge in [0.25, 0.3) is 0 Å². The molecular formula is C14H23BrN2O. The average molecular weight is 315 g/mol. The Kier molecular flexibility index (Phi) is 6.68. The van der Waals surface area contributed by atoms with Crippen molar-refractivity contribution >= 4 is 21.6 Å². The SMILES string of the molecule is CCNCc1ccc(N(C)CC(C)OC)cc1Br. The summed E-state index contributed by atoms with van der Waals surface area (Å²) in [6.45, 7) is 6.96. The first-order valence-electron chi connectivity index (χ1n) is 6.31. The van der Waals surface area contributed by atoms with Gasteiger partial charge in [-0.15, -0.1) is 0 Å². The topological polar surface area (TPSA) is 24.5 Å². The van der Waals surface area contributed by atoms with Crippen molar-refractivity contribution in [2.24, 2.45) is 0 Å². The predicted molar refractivity (Wildman–Crippen MR) is 81.3 cm³/mol. The third-order valence-corrected chi connectivity index (χ3v) is 3.71. The zero-order valence-electron chi connectivity index (χ0n) is 11.7. The molecule has 0 bridgehead atoms. The van der Waals surface area contributed by atoms with E-state index in [1.54, 1.807) is 7.11 Å². The van der Waals surface area contributed by atoms with Crippen molar-refractivity contribution in [3.63, 3.8) is 0 Å². The molecule has 0 radical (unpaired) electrons. The Balaban J connectivity index is 2.70. The van der Waals surface area contributed by atoms with Crippen molar-refractivity contribution in [1.82, 2.24) is 5.32 Å². The fourth-order valence-corrected chi connectivity index (χ4v) is 2.25. The van der Waals surface area contributed by atoms with Gasteiger partial charge in [0.05, 0.1) is 6.10 Å². The molecule has 0 saturated carbocycles. The first kappa shape index (κ1) is 15.5. The van der Waals surface area contributed by atoms with Crippen molar-refractivity contribution in [3.8, 4) is 0 Å². The Hall–Kier alpha value is -0.580. The largest absolute Gasteiger partial charge is 0.380 e. The maximum atomic E-state index is 5.29. The lowest BCUT2D eigenvalue weighted by atomic mass is 10.2. The van der Waals surface area contributed by atoms with E-state index in [0.717, 1.165) is 24.1 Å². The third kappa shape index (κ3) is 4.59. The molecule has 1 unspecified atom stereocenters. The van der Waals surface area contributed by atoms with Crippen molar-refractivity contribution < 1.29 is 4.74 Å². The zero-order valence-corrected chi connectivity index (χ0v) is 13.3. The second kappa shape index (κ2) is 7.77. The summed E-state index contributed by atoms with van der Waals surface area (Å²) in [6, 6.07) is 6.48. The number of hydrogen-bond acceptors (Lipinski definition) is 3. The summed E-state index contributed by atoms with van der Waals surface area (Å²) < 4.78 is 6.44. The zero-order chi connectivity index (χ0) is 13.5. The number of nitrogens with zero attached hydrogens (tertiary/aromatic N) is 1. The van der Waals surface area contributed by atoms with Gasteiger partial charge in [-0.05, 0) is 31.2 Å². The number of likely N-dealkylation sites (N-methyl/N-ethyl adjacent to an activating group) is 1. The molecule has 0 amide bonds. The normalized spacial score (nSPS) is 12.5. The molecule has 0 heterocycles. The lowest BCUT2D eigenvalue weighted by molar-refractivity contribution is 0.124. The van der Waals surface area contributed by atoms with Gasteiger partial charge in [0.15, 0.2) is 0 Å². The number of halogens is 1. The highest BCUT2D eigenvalue weighted by atomic mass is 79.9. The Bertz CT molecular complexity index is 371. The minimum absolute atomic E-state index is 0.232. The lowest BCUT2D eigenvalue weighted by Crippen LogP contribution is -2.28. The van der Waals surface area contributed by atoms with Crippen LogP contribution in [0.15, 0.2) is 22.7 Å². The molecule has 0 saturated heterocycles. The van der Waals surface area contributed by atoms with E-state index in [-0.39, 0.29) is 6.10 Å². The smallest absolute Gasteiger partial charge is 0.0717 e. The Morgan fingerprint density at radius 3 is 2.72 bits per heavy atom. The van der Waals surface area contributed by atoms with Gasteiger partial charge in [0.2, 0.25) is 0 Å². The summed E-state index contributed by atoms with van der Waals surface area (Å²) in [4.78, 5) is 2.20. The highest BCUT2D eigenvalue weighted by molar-refractivity contribution is 9.10. The van der Waals surface area contributed by atoms with Crippen molar-refractivity contribution in [2.75, 3.05) is 32.1 Å². The standard InChI is InChI=1S/C14H23BrN2O/c1-5-16-9-12-6-7-13(8-14(12)15)17(3)10-11(2)18-4/h6-8,11,16H,5,9-10H2,1-4H3.